The number of carbonyl (C=O) groups excluding carboxylic acids is 1. The van der Waals surface area contributed by atoms with Gasteiger partial charge in [-0.2, -0.15) is 0 Å². The maximum absolute atomic E-state index is 11.5. The van der Waals surface area contributed by atoms with Crippen LogP contribution >= 0.6 is 0 Å². The Hall–Kier alpha value is -0.590. The molecule has 66 valence electrons. The second-order valence-electron chi connectivity index (χ2n) is 4.21. The summed E-state index contributed by atoms with van der Waals surface area (Å²) in [6.07, 6.45) is 6.67. The monoisotopic (exact) mass is 164 g/mol. The topological polar surface area (TPSA) is 17.1 Å². The van der Waals surface area contributed by atoms with Crippen molar-refractivity contribution in [2.24, 2.45) is 5.92 Å². The third-order valence-electron chi connectivity index (χ3n) is 3.14. The van der Waals surface area contributed by atoms with Crippen molar-refractivity contribution in [3.05, 3.63) is 11.1 Å². The summed E-state index contributed by atoms with van der Waals surface area (Å²) in [5.41, 5.74) is 2.70. The normalized spacial score (nSPS) is 30.4. The van der Waals surface area contributed by atoms with Crippen molar-refractivity contribution in [1.82, 2.24) is 0 Å². The first-order chi connectivity index (χ1) is 5.77. The quantitative estimate of drug-likeness (QED) is 0.538. The van der Waals surface area contributed by atoms with Crippen LogP contribution in [0.5, 0.6) is 0 Å². The van der Waals surface area contributed by atoms with Gasteiger partial charge in [0.1, 0.15) is 0 Å². The van der Waals surface area contributed by atoms with E-state index < -0.39 is 0 Å². The molecular weight excluding hydrogens is 148 g/mol. The summed E-state index contributed by atoms with van der Waals surface area (Å²) < 4.78 is 0. The van der Waals surface area contributed by atoms with E-state index >= 15 is 0 Å². The van der Waals surface area contributed by atoms with Crippen LogP contribution in [0.25, 0.3) is 0 Å². The summed E-state index contributed by atoms with van der Waals surface area (Å²) >= 11 is 0. The number of ketones is 1. The Kier molecular flexibility index (Phi) is 2.03. The molecule has 0 N–H and O–H groups in total. The van der Waals surface area contributed by atoms with Gasteiger partial charge in [-0.25, -0.2) is 0 Å². The van der Waals surface area contributed by atoms with Crippen LogP contribution in [-0.2, 0) is 4.79 Å². The van der Waals surface area contributed by atoms with Gasteiger partial charge in [-0.3, -0.25) is 4.79 Å². The Morgan fingerprint density at radius 1 is 1.25 bits per heavy atom. The molecule has 0 radical (unpaired) electrons. The molecule has 2 aliphatic rings. The third-order valence-corrected chi connectivity index (χ3v) is 3.14. The van der Waals surface area contributed by atoms with Crippen LogP contribution in [0, 0.1) is 5.92 Å². The summed E-state index contributed by atoms with van der Waals surface area (Å²) in [5, 5.41) is 0. The lowest BCUT2D eigenvalue weighted by molar-refractivity contribution is -0.116. The second kappa shape index (κ2) is 3.04. The van der Waals surface area contributed by atoms with E-state index in [1.165, 1.54) is 30.4 Å². The van der Waals surface area contributed by atoms with Gasteiger partial charge in [0.15, 0.2) is 5.78 Å². The first kappa shape index (κ1) is 8.03. The van der Waals surface area contributed by atoms with E-state index in [0.29, 0.717) is 5.78 Å². The van der Waals surface area contributed by atoms with Crippen LogP contribution in [-0.4, -0.2) is 5.78 Å². The molecule has 0 aromatic rings. The summed E-state index contributed by atoms with van der Waals surface area (Å²) in [6.45, 7) is 2.26. The maximum atomic E-state index is 11.5. The fourth-order valence-corrected chi connectivity index (χ4v) is 2.37. The zero-order chi connectivity index (χ0) is 8.55. The predicted molar refractivity (Wildman–Crippen MR) is 48.9 cm³/mol. The van der Waals surface area contributed by atoms with Crippen LogP contribution < -0.4 is 0 Å². The minimum absolute atomic E-state index is 0.447. The molecule has 2 aliphatic carbocycles. The van der Waals surface area contributed by atoms with Crippen LogP contribution in [0.15, 0.2) is 11.1 Å². The molecule has 1 unspecified atom stereocenters. The molecule has 0 fully saturated rings. The molecular formula is C11H16O. The largest absolute Gasteiger partial charge is 0.295 e. The van der Waals surface area contributed by atoms with Gasteiger partial charge < -0.3 is 0 Å². The van der Waals surface area contributed by atoms with Gasteiger partial charge in [0, 0.05) is 6.42 Å². The highest BCUT2D eigenvalue weighted by Gasteiger charge is 2.25. The lowest BCUT2D eigenvalue weighted by Gasteiger charge is -2.27. The molecule has 0 saturated heterocycles. The highest BCUT2D eigenvalue weighted by atomic mass is 16.1. The van der Waals surface area contributed by atoms with Crippen LogP contribution in [0.1, 0.15) is 45.4 Å². The lowest BCUT2D eigenvalue weighted by atomic mass is 9.77. The van der Waals surface area contributed by atoms with E-state index in [9.17, 15) is 4.79 Å². The van der Waals surface area contributed by atoms with Crippen molar-refractivity contribution in [1.29, 1.82) is 0 Å². The Morgan fingerprint density at radius 3 is 2.92 bits per heavy atom. The Morgan fingerprint density at radius 2 is 2.08 bits per heavy atom. The summed E-state index contributed by atoms with van der Waals surface area (Å²) in [7, 11) is 0. The molecule has 1 atom stereocenters. The molecule has 2 rings (SSSR count). The van der Waals surface area contributed by atoms with Gasteiger partial charge in [0.2, 0.25) is 0 Å². The van der Waals surface area contributed by atoms with Gasteiger partial charge in [-0.15, -0.1) is 0 Å². The molecule has 0 aliphatic heterocycles. The van der Waals surface area contributed by atoms with Crippen molar-refractivity contribution in [3.63, 3.8) is 0 Å². The Labute approximate surface area is 73.8 Å². The van der Waals surface area contributed by atoms with E-state index in [1.54, 1.807) is 0 Å². The van der Waals surface area contributed by atoms with E-state index in [0.717, 1.165) is 25.2 Å². The fourth-order valence-electron chi connectivity index (χ4n) is 2.37. The third kappa shape index (κ3) is 1.33. The minimum atomic E-state index is 0.447. The first-order valence-electron chi connectivity index (χ1n) is 5.01. The van der Waals surface area contributed by atoms with Crippen molar-refractivity contribution >= 4 is 5.78 Å². The van der Waals surface area contributed by atoms with Crippen LogP contribution in [0.2, 0.25) is 0 Å². The molecule has 0 heterocycles. The molecule has 0 aromatic carbocycles. The number of hydrogen-bond donors (Lipinski definition) is 0. The molecule has 1 heteroatoms. The van der Waals surface area contributed by atoms with Crippen LogP contribution in [0.3, 0.4) is 0 Å². The number of Topliss-reactive ketones (excluding diaryl/α,β-unsaturated/α-hetero) is 1. The fraction of sp³-hybridized carbons (Fsp3) is 0.727. The number of hydrogen-bond acceptors (Lipinski definition) is 1. The highest BCUT2D eigenvalue weighted by molar-refractivity contribution is 5.97. The molecule has 0 spiro atoms. The molecule has 0 saturated carbocycles. The standard InChI is InChI=1S/C11H16O/c1-8-5-6-9-3-2-4-11(12)10(9)7-8/h8H,2-7H2,1H3. The predicted octanol–water partition coefficient (Wildman–Crippen LogP) is 2.86. The average molecular weight is 164 g/mol. The zero-order valence-electron chi connectivity index (χ0n) is 7.73. The van der Waals surface area contributed by atoms with Crippen molar-refractivity contribution < 1.29 is 4.79 Å². The molecule has 0 aromatic heterocycles. The average Bonchev–Trinajstić information content (AvgIpc) is 2.07. The second-order valence-corrected chi connectivity index (χ2v) is 4.21. The van der Waals surface area contributed by atoms with Gasteiger partial charge in [0.25, 0.3) is 0 Å². The van der Waals surface area contributed by atoms with Crippen molar-refractivity contribution in [2.45, 2.75) is 45.4 Å². The summed E-state index contributed by atoms with van der Waals surface area (Å²) in [5.74, 6) is 1.19. The molecule has 12 heavy (non-hydrogen) atoms. The molecule has 1 nitrogen and oxygen atoms in total. The minimum Gasteiger partial charge on any atom is -0.295 e. The van der Waals surface area contributed by atoms with E-state index in [1.807, 2.05) is 0 Å². The van der Waals surface area contributed by atoms with Gasteiger partial charge >= 0.3 is 0 Å². The van der Waals surface area contributed by atoms with E-state index in [4.69, 9.17) is 0 Å². The molecule has 0 amide bonds. The smallest absolute Gasteiger partial charge is 0.158 e. The van der Waals surface area contributed by atoms with Gasteiger partial charge in [-0.1, -0.05) is 12.5 Å². The summed E-state index contributed by atoms with van der Waals surface area (Å²) in [4.78, 5) is 11.5. The Bertz CT molecular complexity index is 237. The Balaban J connectivity index is 2.25. The summed E-state index contributed by atoms with van der Waals surface area (Å²) in [6, 6.07) is 0. The van der Waals surface area contributed by atoms with E-state index in [2.05, 4.69) is 6.92 Å². The SMILES string of the molecule is CC1CCC2=C(C1)C(=O)CCC2. The lowest BCUT2D eigenvalue weighted by Crippen LogP contribution is -2.18. The van der Waals surface area contributed by atoms with Crippen LogP contribution in [0.4, 0.5) is 0 Å². The zero-order valence-corrected chi connectivity index (χ0v) is 7.73. The maximum Gasteiger partial charge on any atom is 0.158 e. The number of allylic oxidation sites excluding steroid dienone is 2. The van der Waals surface area contributed by atoms with Gasteiger partial charge in [0.05, 0.1) is 0 Å². The molecule has 0 bridgehead atoms. The van der Waals surface area contributed by atoms with E-state index in [-0.39, 0.29) is 0 Å². The van der Waals surface area contributed by atoms with Crippen molar-refractivity contribution in [2.75, 3.05) is 0 Å². The first-order valence-corrected chi connectivity index (χ1v) is 5.01. The van der Waals surface area contributed by atoms with Gasteiger partial charge in [-0.05, 0) is 43.6 Å². The highest BCUT2D eigenvalue weighted by Crippen LogP contribution is 2.35. The van der Waals surface area contributed by atoms with Crippen molar-refractivity contribution in [3.8, 4) is 0 Å². The number of rotatable bonds is 0. The number of carbonyl (C=O) groups is 1.